The molecule has 2 aromatic rings. The van der Waals surface area contributed by atoms with Crippen molar-refractivity contribution in [2.75, 3.05) is 20.8 Å². The van der Waals surface area contributed by atoms with Crippen molar-refractivity contribution in [1.29, 1.82) is 0 Å². The molecule has 7 nitrogen and oxygen atoms in total. The minimum Gasteiger partial charge on any atom is -0.493 e. The number of hydrogen-bond acceptors (Lipinski definition) is 5. The number of aromatic amines is 1. The monoisotopic (exact) mass is 351 g/mol. The van der Waals surface area contributed by atoms with Crippen LogP contribution in [-0.2, 0) is 23.0 Å². The highest BCUT2D eigenvalue weighted by atomic mass is 32.2. The highest BCUT2D eigenvalue weighted by molar-refractivity contribution is 7.89. The Balaban J connectivity index is 1.98. The maximum Gasteiger partial charge on any atom is 0.247 e. The van der Waals surface area contributed by atoms with Gasteiger partial charge in [0.15, 0.2) is 11.5 Å². The molecule has 0 atom stereocenters. The summed E-state index contributed by atoms with van der Waals surface area (Å²) in [4.78, 5) is 0.270. The summed E-state index contributed by atoms with van der Waals surface area (Å²) in [5.41, 5.74) is 3.07. The Labute approximate surface area is 141 Å². The molecular formula is C16H21N3O4S. The summed E-state index contributed by atoms with van der Waals surface area (Å²) in [6, 6.07) is 3.78. The number of nitrogens with one attached hydrogen (secondary N) is 1. The Hall–Kier alpha value is -2.06. The van der Waals surface area contributed by atoms with E-state index in [0.29, 0.717) is 42.4 Å². The number of aryl methyl sites for hydroxylation is 2. The number of hydrogen-bond donors (Lipinski definition) is 1. The normalized spacial score (nSPS) is 15.2. The van der Waals surface area contributed by atoms with Crippen LogP contribution in [-0.4, -0.2) is 43.7 Å². The molecule has 0 amide bonds. The molecule has 1 aliphatic rings. The van der Waals surface area contributed by atoms with E-state index in [9.17, 15) is 8.42 Å². The number of benzene rings is 1. The number of nitrogens with zero attached hydrogens (tertiary/aromatic N) is 2. The van der Waals surface area contributed by atoms with Crippen LogP contribution in [0, 0.1) is 13.8 Å². The van der Waals surface area contributed by atoms with Crippen LogP contribution in [0.25, 0.3) is 0 Å². The highest BCUT2D eigenvalue weighted by Crippen LogP contribution is 2.35. The standard InChI is InChI=1S/C16H21N3O4S/c1-10-16(11(2)18-17-10)24(20,21)19-6-5-12-7-14(22-3)15(23-4)8-13(12)9-19/h7-8H,5-6,9H2,1-4H3,(H,17,18). The molecule has 0 saturated carbocycles. The Morgan fingerprint density at radius 3 is 2.29 bits per heavy atom. The first kappa shape index (κ1) is 16.8. The first-order valence-corrected chi connectivity index (χ1v) is 9.08. The largest absolute Gasteiger partial charge is 0.493 e. The molecule has 0 fully saturated rings. The predicted molar refractivity (Wildman–Crippen MR) is 88.9 cm³/mol. The van der Waals surface area contributed by atoms with Gasteiger partial charge >= 0.3 is 0 Å². The third-order valence-corrected chi connectivity index (χ3v) is 6.45. The number of fused-ring (bicyclic) bond motifs is 1. The van der Waals surface area contributed by atoms with Crippen molar-refractivity contribution >= 4 is 10.0 Å². The van der Waals surface area contributed by atoms with Crippen LogP contribution >= 0.6 is 0 Å². The quantitative estimate of drug-likeness (QED) is 0.908. The molecule has 0 spiro atoms. The Morgan fingerprint density at radius 2 is 1.75 bits per heavy atom. The molecule has 1 N–H and O–H groups in total. The third kappa shape index (κ3) is 2.65. The summed E-state index contributed by atoms with van der Waals surface area (Å²) in [5.74, 6) is 1.26. The van der Waals surface area contributed by atoms with Gasteiger partial charge in [0.1, 0.15) is 4.90 Å². The van der Waals surface area contributed by atoms with Gasteiger partial charge in [-0.05, 0) is 43.5 Å². The minimum absolute atomic E-state index is 0.270. The molecule has 2 heterocycles. The van der Waals surface area contributed by atoms with Crippen LogP contribution in [0.5, 0.6) is 11.5 Å². The van der Waals surface area contributed by atoms with Gasteiger partial charge in [0.05, 0.1) is 25.6 Å². The lowest BCUT2D eigenvalue weighted by molar-refractivity contribution is 0.348. The first-order chi connectivity index (χ1) is 11.4. The molecule has 0 saturated heterocycles. The van der Waals surface area contributed by atoms with E-state index in [0.717, 1.165) is 11.1 Å². The fourth-order valence-electron chi connectivity index (χ4n) is 3.11. The first-order valence-electron chi connectivity index (χ1n) is 7.64. The summed E-state index contributed by atoms with van der Waals surface area (Å²) in [6.07, 6.45) is 0.630. The van der Waals surface area contributed by atoms with Crippen LogP contribution in [0.1, 0.15) is 22.5 Å². The average molecular weight is 351 g/mol. The average Bonchev–Trinajstić information content (AvgIpc) is 2.92. The molecule has 0 aliphatic carbocycles. The van der Waals surface area contributed by atoms with Gasteiger partial charge in [-0.15, -0.1) is 0 Å². The van der Waals surface area contributed by atoms with Crippen LogP contribution in [0.4, 0.5) is 0 Å². The molecule has 8 heteroatoms. The summed E-state index contributed by atoms with van der Waals surface area (Å²) in [5, 5.41) is 6.75. The summed E-state index contributed by atoms with van der Waals surface area (Å²) < 4.78 is 38.1. The molecule has 0 bridgehead atoms. The highest BCUT2D eigenvalue weighted by Gasteiger charge is 2.32. The lowest BCUT2D eigenvalue weighted by Crippen LogP contribution is -2.36. The van der Waals surface area contributed by atoms with Gasteiger partial charge in [-0.25, -0.2) is 8.42 Å². The van der Waals surface area contributed by atoms with Crippen molar-refractivity contribution in [2.45, 2.75) is 31.7 Å². The van der Waals surface area contributed by atoms with E-state index in [4.69, 9.17) is 9.47 Å². The van der Waals surface area contributed by atoms with E-state index in [1.165, 1.54) is 4.31 Å². The SMILES string of the molecule is COc1cc2c(cc1OC)CN(S(=O)(=O)c1c(C)n[nH]c1C)CC2. The van der Waals surface area contributed by atoms with Crippen molar-refractivity contribution in [3.8, 4) is 11.5 Å². The van der Waals surface area contributed by atoms with Gasteiger partial charge in [0.25, 0.3) is 0 Å². The molecule has 130 valence electrons. The maximum absolute atomic E-state index is 13.0. The molecule has 0 unspecified atom stereocenters. The van der Waals surface area contributed by atoms with E-state index in [1.54, 1.807) is 28.1 Å². The Kier molecular flexibility index (Phi) is 4.27. The number of rotatable bonds is 4. The lowest BCUT2D eigenvalue weighted by Gasteiger charge is -2.29. The van der Waals surface area contributed by atoms with Crippen molar-refractivity contribution < 1.29 is 17.9 Å². The number of aromatic nitrogens is 2. The number of H-pyrrole nitrogens is 1. The van der Waals surface area contributed by atoms with Gasteiger partial charge in [-0.1, -0.05) is 0 Å². The second kappa shape index (κ2) is 6.10. The van der Waals surface area contributed by atoms with E-state index in [1.807, 2.05) is 12.1 Å². The smallest absolute Gasteiger partial charge is 0.247 e. The summed E-state index contributed by atoms with van der Waals surface area (Å²) >= 11 is 0. The summed E-state index contributed by atoms with van der Waals surface area (Å²) in [6.45, 7) is 4.15. The zero-order valence-corrected chi connectivity index (χ0v) is 15.0. The van der Waals surface area contributed by atoms with Gasteiger partial charge in [0.2, 0.25) is 10.0 Å². The predicted octanol–water partition coefficient (Wildman–Crippen LogP) is 1.79. The van der Waals surface area contributed by atoms with E-state index < -0.39 is 10.0 Å². The van der Waals surface area contributed by atoms with Crippen LogP contribution in [0.3, 0.4) is 0 Å². The van der Waals surface area contributed by atoms with E-state index in [-0.39, 0.29) is 4.90 Å². The fraction of sp³-hybridized carbons (Fsp3) is 0.438. The summed E-state index contributed by atoms with van der Waals surface area (Å²) in [7, 11) is -0.430. The molecule has 1 aromatic carbocycles. The Morgan fingerprint density at radius 1 is 1.12 bits per heavy atom. The van der Waals surface area contributed by atoms with E-state index in [2.05, 4.69) is 10.2 Å². The van der Waals surface area contributed by atoms with Crippen molar-refractivity contribution in [2.24, 2.45) is 0 Å². The molecule has 24 heavy (non-hydrogen) atoms. The van der Waals surface area contributed by atoms with Gasteiger partial charge in [0, 0.05) is 13.1 Å². The zero-order valence-electron chi connectivity index (χ0n) is 14.2. The zero-order chi connectivity index (χ0) is 17.5. The minimum atomic E-state index is -3.59. The van der Waals surface area contributed by atoms with Crippen LogP contribution in [0.2, 0.25) is 0 Å². The van der Waals surface area contributed by atoms with Crippen molar-refractivity contribution in [3.05, 3.63) is 34.6 Å². The van der Waals surface area contributed by atoms with Gasteiger partial charge in [-0.2, -0.15) is 9.40 Å². The third-order valence-electron chi connectivity index (χ3n) is 4.34. The maximum atomic E-state index is 13.0. The molecular weight excluding hydrogens is 330 g/mol. The second-order valence-electron chi connectivity index (χ2n) is 5.83. The fourth-order valence-corrected chi connectivity index (χ4v) is 4.86. The Bertz CT molecular complexity index is 854. The van der Waals surface area contributed by atoms with Crippen molar-refractivity contribution in [1.82, 2.24) is 14.5 Å². The molecule has 3 rings (SSSR count). The van der Waals surface area contributed by atoms with Crippen LogP contribution in [0.15, 0.2) is 17.0 Å². The number of methoxy groups -OCH3 is 2. The van der Waals surface area contributed by atoms with E-state index >= 15 is 0 Å². The van der Waals surface area contributed by atoms with Gasteiger partial charge in [-0.3, -0.25) is 5.10 Å². The van der Waals surface area contributed by atoms with Crippen LogP contribution < -0.4 is 9.47 Å². The molecule has 1 aromatic heterocycles. The number of ether oxygens (including phenoxy) is 2. The molecule has 0 radical (unpaired) electrons. The topological polar surface area (TPSA) is 84.5 Å². The van der Waals surface area contributed by atoms with Gasteiger partial charge < -0.3 is 9.47 Å². The number of sulfonamides is 1. The lowest BCUT2D eigenvalue weighted by atomic mass is 10.0. The van der Waals surface area contributed by atoms with Crippen molar-refractivity contribution in [3.63, 3.8) is 0 Å². The second-order valence-corrected chi connectivity index (χ2v) is 7.70. The molecule has 1 aliphatic heterocycles.